The highest BCUT2D eigenvalue weighted by atomic mass is 32.2. The van der Waals surface area contributed by atoms with Crippen molar-refractivity contribution in [3.05, 3.63) is 74.4 Å². The molecule has 1 aliphatic rings. The van der Waals surface area contributed by atoms with Crippen LogP contribution in [0.25, 0.3) is 21.3 Å². The van der Waals surface area contributed by atoms with Crippen molar-refractivity contribution < 1.29 is 4.79 Å². The van der Waals surface area contributed by atoms with Crippen LogP contribution in [0.15, 0.2) is 51.7 Å². The lowest BCUT2D eigenvalue weighted by Gasteiger charge is -2.16. The fraction of sp³-hybridized carbons (Fsp3) is 0.321. The molecule has 1 unspecified atom stereocenters. The normalized spacial score (nSPS) is 14.0. The molecule has 5 rings (SSSR count). The number of amides is 1. The van der Waals surface area contributed by atoms with Gasteiger partial charge in [-0.3, -0.25) is 9.59 Å². The number of anilines is 1. The number of benzene rings is 2. The molecule has 2 aromatic heterocycles. The van der Waals surface area contributed by atoms with Crippen molar-refractivity contribution in [2.45, 2.75) is 63.3 Å². The van der Waals surface area contributed by atoms with E-state index in [9.17, 15) is 9.59 Å². The van der Waals surface area contributed by atoms with E-state index in [1.807, 2.05) is 38.3 Å². The number of hydrogen-bond donors (Lipinski definition) is 2. The van der Waals surface area contributed by atoms with Crippen molar-refractivity contribution in [3.63, 3.8) is 0 Å². The third-order valence-corrected chi connectivity index (χ3v) is 8.61. The lowest BCUT2D eigenvalue weighted by Crippen LogP contribution is -2.25. The summed E-state index contributed by atoms with van der Waals surface area (Å²) in [6.45, 7) is 5.99. The Balaban J connectivity index is 1.39. The molecular formula is C28H29N3O2S2. The van der Waals surface area contributed by atoms with Crippen LogP contribution in [0.2, 0.25) is 0 Å². The van der Waals surface area contributed by atoms with Crippen LogP contribution < -0.4 is 10.9 Å². The van der Waals surface area contributed by atoms with Crippen molar-refractivity contribution in [2.24, 2.45) is 0 Å². The number of nitrogens with one attached hydrogen (secondary N) is 2. The number of thiophene rings is 1. The van der Waals surface area contributed by atoms with Crippen molar-refractivity contribution in [1.82, 2.24) is 9.97 Å². The number of fused-ring (bicyclic) bond motifs is 2. The second kappa shape index (κ2) is 9.99. The van der Waals surface area contributed by atoms with Crippen LogP contribution in [-0.4, -0.2) is 21.1 Å². The third kappa shape index (κ3) is 5.07. The zero-order chi connectivity index (χ0) is 24.5. The molecule has 1 atom stereocenters. The van der Waals surface area contributed by atoms with Crippen LogP contribution in [0.5, 0.6) is 0 Å². The number of aryl methyl sites for hydroxylation is 4. The van der Waals surface area contributed by atoms with Gasteiger partial charge in [-0.05, 0) is 85.9 Å². The highest BCUT2D eigenvalue weighted by Crippen LogP contribution is 2.34. The van der Waals surface area contributed by atoms with Crippen molar-refractivity contribution in [2.75, 3.05) is 5.32 Å². The van der Waals surface area contributed by atoms with E-state index in [1.54, 1.807) is 0 Å². The Kier molecular flexibility index (Phi) is 6.80. The Morgan fingerprint density at radius 3 is 2.60 bits per heavy atom. The van der Waals surface area contributed by atoms with E-state index in [1.165, 1.54) is 47.1 Å². The second-order valence-corrected chi connectivity index (χ2v) is 11.3. The Morgan fingerprint density at radius 2 is 1.86 bits per heavy atom. The Bertz CT molecular complexity index is 1450. The number of rotatable bonds is 6. The predicted octanol–water partition coefficient (Wildman–Crippen LogP) is 6.66. The fourth-order valence-corrected chi connectivity index (χ4v) is 6.73. The molecule has 4 aromatic rings. The minimum Gasteiger partial charge on any atom is -0.325 e. The summed E-state index contributed by atoms with van der Waals surface area (Å²) in [5, 5.41) is 5.78. The first-order chi connectivity index (χ1) is 16.9. The van der Waals surface area contributed by atoms with Gasteiger partial charge in [0.25, 0.3) is 5.56 Å². The number of aromatic nitrogens is 2. The van der Waals surface area contributed by atoms with Gasteiger partial charge in [0.2, 0.25) is 5.91 Å². The average Bonchev–Trinajstić information content (AvgIpc) is 3.26. The first-order valence-corrected chi connectivity index (χ1v) is 13.9. The molecule has 7 heteroatoms. The minimum absolute atomic E-state index is 0.0915. The van der Waals surface area contributed by atoms with Gasteiger partial charge in [0.15, 0.2) is 5.16 Å². The molecule has 0 saturated carbocycles. The maximum atomic E-state index is 13.1. The molecule has 180 valence electrons. The predicted molar refractivity (Wildman–Crippen MR) is 147 cm³/mol. The molecule has 35 heavy (non-hydrogen) atoms. The van der Waals surface area contributed by atoms with Gasteiger partial charge in [0, 0.05) is 16.6 Å². The Hall–Kier alpha value is -2.90. The molecule has 1 aliphatic carbocycles. The smallest absolute Gasteiger partial charge is 0.260 e. The third-order valence-electron chi connectivity index (χ3n) is 6.49. The number of H-pyrrole nitrogens is 1. The molecule has 0 spiro atoms. The Labute approximate surface area is 213 Å². The fourth-order valence-electron chi connectivity index (χ4n) is 4.83. The molecular weight excluding hydrogens is 474 g/mol. The average molecular weight is 504 g/mol. The van der Waals surface area contributed by atoms with Crippen molar-refractivity contribution in [1.29, 1.82) is 0 Å². The first kappa shape index (κ1) is 23.8. The molecule has 0 saturated heterocycles. The molecule has 0 fully saturated rings. The van der Waals surface area contributed by atoms with E-state index in [0.29, 0.717) is 21.8 Å². The summed E-state index contributed by atoms with van der Waals surface area (Å²) in [7, 11) is 0. The number of aromatic amines is 1. The number of hydrogen-bond acceptors (Lipinski definition) is 5. The highest BCUT2D eigenvalue weighted by Gasteiger charge is 2.21. The minimum atomic E-state index is -0.364. The molecule has 2 aromatic carbocycles. The summed E-state index contributed by atoms with van der Waals surface area (Å²) >= 11 is 2.78. The van der Waals surface area contributed by atoms with Gasteiger partial charge in [-0.2, -0.15) is 0 Å². The van der Waals surface area contributed by atoms with Gasteiger partial charge in [-0.1, -0.05) is 43.0 Å². The lowest BCUT2D eigenvalue weighted by atomic mass is 9.89. The number of nitrogens with zero attached hydrogens (tertiary/aromatic N) is 1. The van der Waals surface area contributed by atoms with Crippen molar-refractivity contribution in [3.8, 4) is 11.1 Å². The highest BCUT2D eigenvalue weighted by molar-refractivity contribution is 8.00. The van der Waals surface area contributed by atoms with Gasteiger partial charge in [-0.15, -0.1) is 11.3 Å². The lowest BCUT2D eigenvalue weighted by molar-refractivity contribution is -0.115. The van der Waals surface area contributed by atoms with Gasteiger partial charge in [-0.25, -0.2) is 4.98 Å². The van der Waals surface area contributed by atoms with Gasteiger partial charge in [0.1, 0.15) is 4.83 Å². The van der Waals surface area contributed by atoms with E-state index in [2.05, 4.69) is 34.6 Å². The molecule has 5 nitrogen and oxygen atoms in total. The second-order valence-electron chi connectivity index (χ2n) is 9.27. The van der Waals surface area contributed by atoms with Gasteiger partial charge < -0.3 is 10.3 Å². The zero-order valence-electron chi connectivity index (χ0n) is 20.2. The van der Waals surface area contributed by atoms with E-state index < -0.39 is 0 Å². The van der Waals surface area contributed by atoms with Crippen LogP contribution in [0, 0.1) is 13.8 Å². The molecule has 0 radical (unpaired) electrons. The van der Waals surface area contributed by atoms with Gasteiger partial charge >= 0.3 is 0 Å². The zero-order valence-corrected chi connectivity index (χ0v) is 21.9. The standard InChI is InChI=1S/C28H29N3O2S2/c1-4-23(25(32)29-21-12-16(2)11-17(3)13-21)35-28-30-26(33)24-22(15-34-27(24)31-28)20-10-9-18-7-5-6-8-19(18)14-20/h9-15,23H,4-8H2,1-3H3,(H,29,32)(H,30,31,33). The van der Waals surface area contributed by atoms with E-state index in [4.69, 9.17) is 4.98 Å². The number of carbonyl (C=O) groups excluding carboxylic acids is 1. The summed E-state index contributed by atoms with van der Waals surface area (Å²) in [6.07, 6.45) is 5.33. The molecule has 2 heterocycles. The number of thioether (sulfide) groups is 1. The van der Waals surface area contributed by atoms with Crippen molar-refractivity contribution >= 4 is 44.9 Å². The monoisotopic (exact) mass is 503 g/mol. The van der Waals surface area contributed by atoms with Crippen LogP contribution in [0.4, 0.5) is 5.69 Å². The maximum absolute atomic E-state index is 13.1. The summed E-state index contributed by atoms with van der Waals surface area (Å²) in [5.74, 6) is -0.0915. The summed E-state index contributed by atoms with van der Waals surface area (Å²) in [4.78, 5) is 34.5. The van der Waals surface area contributed by atoms with Crippen LogP contribution >= 0.6 is 23.1 Å². The largest absolute Gasteiger partial charge is 0.325 e. The van der Waals surface area contributed by atoms with Crippen LogP contribution in [0.3, 0.4) is 0 Å². The van der Waals surface area contributed by atoms with E-state index >= 15 is 0 Å². The first-order valence-electron chi connectivity index (χ1n) is 12.1. The van der Waals surface area contributed by atoms with E-state index in [0.717, 1.165) is 40.8 Å². The quantitative estimate of drug-likeness (QED) is 0.228. The molecule has 2 N–H and O–H groups in total. The molecule has 0 aliphatic heterocycles. The topological polar surface area (TPSA) is 74.8 Å². The molecule has 0 bridgehead atoms. The van der Waals surface area contributed by atoms with Crippen LogP contribution in [0.1, 0.15) is 48.4 Å². The van der Waals surface area contributed by atoms with E-state index in [-0.39, 0.29) is 16.7 Å². The summed E-state index contributed by atoms with van der Waals surface area (Å²) < 4.78 is 0. The number of carbonyl (C=O) groups is 1. The molecule has 1 amide bonds. The summed E-state index contributed by atoms with van der Waals surface area (Å²) in [6, 6.07) is 12.6. The Morgan fingerprint density at radius 1 is 1.11 bits per heavy atom. The van der Waals surface area contributed by atoms with Gasteiger partial charge in [0.05, 0.1) is 10.6 Å². The maximum Gasteiger partial charge on any atom is 0.260 e. The SMILES string of the molecule is CCC(Sc1nc2scc(-c3ccc4c(c3)CCCC4)c2c(=O)[nH]1)C(=O)Nc1cc(C)cc(C)c1. The van der Waals surface area contributed by atoms with Crippen LogP contribution in [-0.2, 0) is 17.6 Å². The summed E-state index contributed by atoms with van der Waals surface area (Å²) in [5.41, 5.74) is 7.66.